The average molecular weight is 404 g/mol. The highest BCUT2D eigenvalue weighted by Gasteiger charge is 2.03. The van der Waals surface area contributed by atoms with E-state index in [2.05, 4.69) is 34.8 Å². The molecular weight excluding hydrogens is 379 g/mol. The highest BCUT2D eigenvalue weighted by molar-refractivity contribution is 14.0. The molecule has 21 heavy (non-hydrogen) atoms. The first-order valence-electron chi connectivity index (χ1n) is 6.94. The number of halogens is 1. The number of nitrogens with one attached hydrogen (secondary N) is 3. The lowest BCUT2D eigenvalue weighted by Crippen LogP contribution is -2.42. The van der Waals surface area contributed by atoms with E-state index in [1.54, 1.807) is 7.05 Å². The average Bonchev–Trinajstić information content (AvgIpc) is 2.46. The van der Waals surface area contributed by atoms with Crippen LogP contribution in [0.1, 0.15) is 30.6 Å². The summed E-state index contributed by atoms with van der Waals surface area (Å²) in [5.41, 5.74) is 0.692. The molecular formula is C15H25IN4O. The van der Waals surface area contributed by atoms with Crippen LogP contribution in [0.2, 0.25) is 0 Å². The van der Waals surface area contributed by atoms with E-state index in [1.165, 1.54) is 0 Å². The molecule has 0 unspecified atom stereocenters. The van der Waals surface area contributed by atoms with Gasteiger partial charge in [-0.3, -0.25) is 9.79 Å². The number of nitrogens with zero attached hydrogens (tertiary/aromatic N) is 1. The van der Waals surface area contributed by atoms with Crippen LogP contribution in [-0.4, -0.2) is 38.0 Å². The number of rotatable bonds is 6. The first kappa shape index (κ1) is 19.7. The molecule has 1 amide bonds. The number of benzene rings is 1. The fourth-order valence-electron chi connectivity index (χ4n) is 1.66. The normalized spacial score (nSPS) is 10.8. The van der Waals surface area contributed by atoms with Crippen LogP contribution >= 0.6 is 24.0 Å². The van der Waals surface area contributed by atoms with Gasteiger partial charge in [0, 0.05) is 31.7 Å². The van der Waals surface area contributed by atoms with Crippen molar-refractivity contribution in [2.24, 2.45) is 4.99 Å². The minimum absolute atomic E-state index is 0. The summed E-state index contributed by atoms with van der Waals surface area (Å²) in [7, 11) is 1.74. The minimum Gasteiger partial charge on any atom is -0.356 e. The van der Waals surface area contributed by atoms with E-state index >= 15 is 0 Å². The highest BCUT2D eigenvalue weighted by atomic mass is 127. The number of carbonyl (C=O) groups is 1. The third-order valence-corrected chi connectivity index (χ3v) is 2.62. The van der Waals surface area contributed by atoms with E-state index in [-0.39, 0.29) is 29.9 Å². The van der Waals surface area contributed by atoms with Crippen LogP contribution in [-0.2, 0) is 0 Å². The Balaban J connectivity index is 0.00000400. The largest absolute Gasteiger partial charge is 0.356 e. The second kappa shape index (κ2) is 11.4. The van der Waals surface area contributed by atoms with Crippen LogP contribution in [0.25, 0.3) is 0 Å². The van der Waals surface area contributed by atoms with Gasteiger partial charge < -0.3 is 16.0 Å². The summed E-state index contributed by atoms with van der Waals surface area (Å²) in [6.45, 7) is 5.53. The van der Waals surface area contributed by atoms with Gasteiger partial charge in [-0.05, 0) is 32.4 Å². The molecule has 0 atom stereocenters. The van der Waals surface area contributed by atoms with Crippen LogP contribution in [0.15, 0.2) is 35.3 Å². The molecule has 0 spiro atoms. The van der Waals surface area contributed by atoms with Crippen molar-refractivity contribution in [2.75, 3.05) is 20.1 Å². The molecule has 0 heterocycles. The standard InChI is InChI=1S/C15H24N4O.HI/c1-12(2)19-15(16-3)18-11-7-10-17-14(20)13-8-5-4-6-9-13;/h4-6,8-9,12H,7,10-11H2,1-3H3,(H,17,20)(H2,16,18,19);1H. The third kappa shape index (κ3) is 8.54. The van der Waals surface area contributed by atoms with Crippen LogP contribution in [0.4, 0.5) is 0 Å². The fraction of sp³-hybridized carbons (Fsp3) is 0.467. The number of hydrogen-bond donors (Lipinski definition) is 3. The van der Waals surface area contributed by atoms with Gasteiger partial charge in [0.05, 0.1) is 0 Å². The first-order valence-corrected chi connectivity index (χ1v) is 6.94. The molecule has 6 heteroatoms. The number of hydrogen-bond acceptors (Lipinski definition) is 2. The zero-order chi connectivity index (χ0) is 14.8. The number of aliphatic imine (C=N–C) groups is 1. The second-order valence-corrected chi connectivity index (χ2v) is 4.77. The van der Waals surface area contributed by atoms with Gasteiger partial charge in [0.15, 0.2) is 5.96 Å². The number of carbonyl (C=O) groups excluding carboxylic acids is 1. The van der Waals surface area contributed by atoms with E-state index in [0.29, 0.717) is 18.2 Å². The molecule has 0 saturated heterocycles. The van der Waals surface area contributed by atoms with E-state index < -0.39 is 0 Å². The Bertz CT molecular complexity index is 435. The predicted octanol–water partition coefficient (Wildman–Crippen LogP) is 2.00. The molecule has 0 aliphatic heterocycles. The Morgan fingerprint density at radius 2 is 1.76 bits per heavy atom. The summed E-state index contributed by atoms with van der Waals surface area (Å²) < 4.78 is 0. The van der Waals surface area contributed by atoms with Crippen molar-refractivity contribution in [1.29, 1.82) is 0 Å². The van der Waals surface area contributed by atoms with Crippen LogP contribution in [0, 0.1) is 0 Å². The van der Waals surface area contributed by atoms with Gasteiger partial charge in [0.1, 0.15) is 0 Å². The molecule has 0 radical (unpaired) electrons. The summed E-state index contributed by atoms with van der Waals surface area (Å²) in [5.74, 6) is 0.754. The van der Waals surface area contributed by atoms with Gasteiger partial charge in [0.25, 0.3) is 5.91 Å². The van der Waals surface area contributed by atoms with Gasteiger partial charge in [-0.15, -0.1) is 24.0 Å². The zero-order valence-corrected chi connectivity index (χ0v) is 15.2. The van der Waals surface area contributed by atoms with Gasteiger partial charge in [-0.1, -0.05) is 18.2 Å². The molecule has 5 nitrogen and oxygen atoms in total. The van der Waals surface area contributed by atoms with Crippen molar-refractivity contribution in [3.63, 3.8) is 0 Å². The summed E-state index contributed by atoms with van der Waals surface area (Å²) >= 11 is 0. The summed E-state index contributed by atoms with van der Waals surface area (Å²) in [5, 5.41) is 9.30. The second-order valence-electron chi connectivity index (χ2n) is 4.77. The predicted molar refractivity (Wildman–Crippen MR) is 98.4 cm³/mol. The molecule has 0 bridgehead atoms. The maximum atomic E-state index is 11.8. The molecule has 0 aliphatic carbocycles. The molecule has 1 aromatic rings. The molecule has 0 aromatic heterocycles. The topological polar surface area (TPSA) is 65.5 Å². The zero-order valence-electron chi connectivity index (χ0n) is 12.8. The summed E-state index contributed by atoms with van der Waals surface area (Å²) in [4.78, 5) is 15.9. The van der Waals surface area contributed by atoms with Crippen LogP contribution in [0.3, 0.4) is 0 Å². The van der Waals surface area contributed by atoms with Gasteiger partial charge in [0.2, 0.25) is 0 Å². The van der Waals surface area contributed by atoms with E-state index in [0.717, 1.165) is 18.9 Å². The number of amides is 1. The SMILES string of the molecule is CN=C(NCCCNC(=O)c1ccccc1)NC(C)C.I. The number of guanidine groups is 1. The maximum Gasteiger partial charge on any atom is 0.251 e. The van der Waals surface area contributed by atoms with Crippen molar-refractivity contribution in [3.05, 3.63) is 35.9 Å². The van der Waals surface area contributed by atoms with Gasteiger partial charge in [-0.2, -0.15) is 0 Å². The van der Waals surface area contributed by atoms with Crippen molar-refractivity contribution in [1.82, 2.24) is 16.0 Å². The molecule has 1 aromatic carbocycles. The summed E-state index contributed by atoms with van der Waals surface area (Å²) in [6, 6.07) is 9.58. The lowest BCUT2D eigenvalue weighted by Gasteiger charge is -2.14. The fourth-order valence-corrected chi connectivity index (χ4v) is 1.66. The molecule has 3 N–H and O–H groups in total. The lowest BCUT2D eigenvalue weighted by molar-refractivity contribution is 0.0953. The van der Waals surface area contributed by atoms with E-state index in [9.17, 15) is 4.79 Å². The van der Waals surface area contributed by atoms with Crippen molar-refractivity contribution < 1.29 is 4.79 Å². The van der Waals surface area contributed by atoms with E-state index in [4.69, 9.17) is 0 Å². The smallest absolute Gasteiger partial charge is 0.251 e. The van der Waals surface area contributed by atoms with Crippen molar-refractivity contribution in [3.8, 4) is 0 Å². The highest BCUT2D eigenvalue weighted by Crippen LogP contribution is 1.97. The first-order chi connectivity index (χ1) is 9.63. The summed E-state index contributed by atoms with van der Waals surface area (Å²) in [6.07, 6.45) is 0.845. The van der Waals surface area contributed by atoms with Gasteiger partial charge in [-0.25, -0.2) is 0 Å². The molecule has 1 rings (SSSR count). The molecule has 0 fully saturated rings. The van der Waals surface area contributed by atoms with E-state index in [1.807, 2.05) is 30.3 Å². The minimum atomic E-state index is -0.0321. The Labute approximate surface area is 144 Å². The Hall–Kier alpha value is -1.31. The molecule has 118 valence electrons. The maximum absolute atomic E-state index is 11.8. The van der Waals surface area contributed by atoms with Crippen LogP contribution in [0.5, 0.6) is 0 Å². The monoisotopic (exact) mass is 404 g/mol. The molecule has 0 aliphatic rings. The molecule has 0 saturated carbocycles. The third-order valence-electron chi connectivity index (χ3n) is 2.62. The Morgan fingerprint density at radius 3 is 2.33 bits per heavy atom. The Kier molecular flexibility index (Phi) is 10.7. The van der Waals surface area contributed by atoms with Gasteiger partial charge >= 0.3 is 0 Å². The van der Waals surface area contributed by atoms with Crippen molar-refractivity contribution in [2.45, 2.75) is 26.3 Å². The Morgan fingerprint density at radius 1 is 1.14 bits per heavy atom. The van der Waals surface area contributed by atoms with Crippen LogP contribution < -0.4 is 16.0 Å². The lowest BCUT2D eigenvalue weighted by atomic mass is 10.2. The quantitative estimate of drug-likeness (QED) is 0.294. The van der Waals surface area contributed by atoms with Crippen molar-refractivity contribution >= 4 is 35.8 Å².